The third kappa shape index (κ3) is 12.9. The topological polar surface area (TPSA) is 27.7 Å². The smallest absolute Gasteiger partial charge is 0.373 e. The van der Waals surface area contributed by atoms with Crippen molar-refractivity contribution in [1.82, 2.24) is 0 Å². The molecule has 0 aliphatic rings. The zero-order chi connectivity index (χ0) is 15.1. The summed E-state index contributed by atoms with van der Waals surface area (Å²) in [5, 5.41) is 0. The van der Waals surface area contributed by atoms with Gasteiger partial charge in [-0.3, -0.25) is 0 Å². The van der Waals surface area contributed by atoms with Crippen LogP contribution in [0.25, 0.3) is 0 Å². The van der Waals surface area contributed by atoms with E-state index in [-0.39, 0.29) is 11.0 Å². The van der Waals surface area contributed by atoms with Crippen molar-refractivity contribution in [2.75, 3.05) is 25.6 Å². The van der Waals surface area contributed by atoms with Crippen molar-refractivity contribution >= 4 is 32.4 Å². The quantitative estimate of drug-likeness (QED) is 0.278. The van der Waals surface area contributed by atoms with Gasteiger partial charge in [-0.25, -0.2) is 0 Å². The van der Waals surface area contributed by atoms with E-state index in [1.54, 1.807) is 0 Å². The maximum absolute atomic E-state index is 6.13. The molecule has 0 aromatic rings. The van der Waals surface area contributed by atoms with Crippen LogP contribution in [0.5, 0.6) is 0 Å². The van der Waals surface area contributed by atoms with Crippen LogP contribution in [0.4, 0.5) is 0 Å². The second-order valence-electron chi connectivity index (χ2n) is 5.12. The van der Waals surface area contributed by atoms with Gasteiger partial charge in [-0.2, -0.15) is 12.6 Å². The molecule has 0 aliphatic carbocycles. The minimum absolute atomic E-state index is 0. The van der Waals surface area contributed by atoms with Crippen LogP contribution in [0.1, 0.15) is 65.7 Å². The summed E-state index contributed by atoms with van der Waals surface area (Å²) in [5.74, 6) is 0.861. The molecule has 6 heteroatoms. The summed E-state index contributed by atoms with van der Waals surface area (Å²) in [7, 11) is -2.48. The lowest BCUT2D eigenvalue weighted by atomic mass is 10.4. The Labute approximate surface area is 143 Å². The van der Waals surface area contributed by atoms with Gasteiger partial charge in [-0.1, -0.05) is 40.0 Å². The summed E-state index contributed by atoms with van der Waals surface area (Å²) in [6.07, 6.45) is 7.64. The van der Waals surface area contributed by atoms with Crippen LogP contribution in [0.2, 0.25) is 6.04 Å². The van der Waals surface area contributed by atoms with Crippen molar-refractivity contribution in [2.45, 2.75) is 71.8 Å². The molecular formula is C15H38O3SSi2. The van der Waals surface area contributed by atoms with Gasteiger partial charge in [0.15, 0.2) is 0 Å². The van der Waals surface area contributed by atoms with Gasteiger partial charge < -0.3 is 13.3 Å². The van der Waals surface area contributed by atoms with Crippen molar-refractivity contribution in [3.8, 4) is 0 Å². The maximum atomic E-state index is 6.13. The van der Waals surface area contributed by atoms with E-state index in [1.165, 1.54) is 0 Å². The summed E-state index contributed by atoms with van der Waals surface area (Å²) in [5.41, 5.74) is 0. The van der Waals surface area contributed by atoms with Crippen LogP contribution < -0.4 is 0 Å². The average molecular weight is 355 g/mol. The number of hydrogen-bond acceptors (Lipinski definition) is 4. The summed E-state index contributed by atoms with van der Waals surface area (Å²) in [4.78, 5) is 0. The van der Waals surface area contributed by atoms with Gasteiger partial charge in [0.25, 0.3) is 0 Å². The van der Waals surface area contributed by atoms with Gasteiger partial charge in [0.2, 0.25) is 0 Å². The first-order chi connectivity index (χ1) is 9.74. The molecule has 0 saturated heterocycles. The van der Waals surface area contributed by atoms with Gasteiger partial charge >= 0.3 is 8.80 Å². The van der Waals surface area contributed by atoms with Gasteiger partial charge in [0.05, 0.1) is 0 Å². The second-order valence-corrected chi connectivity index (χ2v) is 8.30. The predicted molar refractivity (Wildman–Crippen MR) is 103 cm³/mol. The van der Waals surface area contributed by atoms with Crippen LogP contribution >= 0.6 is 12.6 Å². The fourth-order valence-corrected chi connectivity index (χ4v) is 4.87. The second kappa shape index (κ2) is 17.0. The Morgan fingerprint density at radius 3 is 1.38 bits per heavy atom. The van der Waals surface area contributed by atoms with Crippen molar-refractivity contribution in [2.24, 2.45) is 0 Å². The third-order valence-corrected chi connectivity index (χ3v) is 6.31. The molecule has 0 amide bonds. The van der Waals surface area contributed by atoms with Gasteiger partial charge in [0.1, 0.15) is 0 Å². The molecule has 0 rings (SSSR count). The molecule has 0 aromatic carbocycles. The molecule has 130 valence electrons. The molecule has 0 atom stereocenters. The maximum Gasteiger partial charge on any atom is 0.500 e. The van der Waals surface area contributed by atoms with Crippen molar-refractivity contribution in [3.05, 3.63) is 0 Å². The molecule has 0 heterocycles. The van der Waals surface area contributed by atoms with E-state index < -0.39 is 8.80 Å². The van der Waals surface area contributed by atoms with Crippen LogP contribution in [0, 0.1) is 0 Å². The van der Waals surface area contributed by atoms with E-state index in [9.17, 15) is 0 Å². The summed E-state index contributed by atoms with van der Waals surface area (Å²) in [6.45, 7) is 8.80. The molecular weight excluding hydrogens is 316 g/mol. The number of thiol groups is 1. The molecule has 0 fully saturated rings. The molecule has 0 aliphatic heterocycles. The number of unbranched alkanes of at least 4 members (excludes halogenated alkanes) is 3. The molecule has 21 heavy (non-hydrogen) atoms. The zero-order valence-corrected chi connectivity index (χ0v) is 15.6. The largest absolute Gasteiger partial charge is 0.500 e. The lowest BCUT2D eigenvalue weighted by Gasteiger charge is -2.30. The first kappa shape index (κ1) is 23.9. The van der Waals surface area contributed by atoms with Crippen LogP contribution in [-0.4, -0.2) is 45.3 Å². The Morgan fingerprint density at radius 1 is 0.714 bits per heavy atom. The molecule has 0 radical (unpaired) electrons. The average Bonchev–Trinajstić information content (AvgIpc) is 2.46. The highest BCUT2D eigenvalue weighted by Gasteiger charge is 2.40. The number of rotatable bonds is 15. The molecule has 0 N–H and O–H groups in total. The predicted octanol–water partition coefficient (Wildman–Crippen LogP) is 3.24. The first-order valence-electron chi connectivity index (χ1n) is 8.27. The van der Waals surface area contributed by atoms with E-state index in [0.29, 0.717) is 0 Å². The molecule has 0 saturated carbocycles. The SMILES string of the molecule is CCCCO[Si](CCCS)(OCCCC)OCCCC.[SiH4]. The molecule has 0 aromatic heterocycles. The van der Waals surface area contributed by atoms with Gasteiger partial charge in [-0.05, 0) is 42.4 Å². The van der Waals surface area contributed by atoms with E-state index in [1.807, 2.05) is 0 Å². The summed E-state index contributed by atoms with van der Waals surface area (Å²) < 4.78 is 18.4. The van der Waals surface area contributed by atoms with Crippen LogP contribution in [0.3, 0.4) is 0 Å². The van der Waals surface area contributed by atoms with Gasteiger partial charge in [0, 0.05) is 25.9 Å². The minimum Gasteiger partial charge on any atom is -0.373 e. The monoisotopic (exact) mass is 354 g/mol. The first-order valence-corrected chi connectivity index (χ1v) is 10.8. The fourth-order valence-electron chi connectivity index (χ4n) is 1.75. The molecule has 0 unspecified atom stereocenters. The van der Waals surface area contributed by atoms with E-state index >= 15 is 0 Å². The van der Waals surface area contributed by atoms with Crippen LogP contribution in [-0.2, 0) is 13.3 Å². The fraction of sp³-hybridized carbons (Fsp3) is 1.00. The third-order valence-electron chi connectivity index (χ3n) is 3.10. The Balaban J connectivity index is 0. The minimum atomic E-state index is -2.48. The van der Waals surface area contributed by atoms with E-state index in [4.69, 9.17) is 13.3 Å². The van der Waals surface area contributed by atoms with Gasteiger partial charge in [-0.15, -0.1) is 0 Å². The lowest BCUT2D eigenvalue weighted by molar-refractivity contribution is 0.0562. The zero-order valence-electron chi connectivity index (χ0n) is 13.7. The highest BCUT2D eigenvalue weighted by molar-refractivity contribution is 7.80. The van der Waals surface area contributed by atoms with Crippen molar-refractivity contribution in [3.63, 3.8) is 0 Å². The Bertz CT molecular complexity index is 183. The Morgan fingerprint density at radius 2 is 1.10 bits per heavy atom. The Kier molecular flexibility index (Phi) is 19.4. The highest BCUT2D eigenvalue weighted by Crippen LogP contribution is 2.20. The molecule has 0 bridgehead atoms. The van der Waals surface area contributed by atoms with Crippen molar-refractivity contribution < 1.29 is 13.3 Å². The normalized spacial score (nSPS) is 11.4. The Hall–Kier alpha value is 0.664. The highest BCUT2D eigenvalue weighted by atomic mass is 32.1. The lowest BCUT2D eigenvalue weighted by Crippen LogP contribution is -2.46. The van der Waals surface area contributed by atoms with E-state index in [2.05, 4.69) is 33.4 Å². The molecule has 0 spiro atoms. The number of hydrogen-bond donors (Lipinski definition) is 1. The standard InChI is InChI=1S/C15H34O3SSi.H4Si/c1-4-7-11-16-20(15-10-14-19,17-12-8-5-2)18-13-9-6-3;/h19H,4-15H2,1-3H3;1H4. The van der Waals surface area contributed by atoms with E-state index in [0.717, 1.165) is 76.6 Å². The molecule has 3 nitrogen and oxygen atoms in total. The summed E-state index contributed by atoms with van der Waals surface area (Å²) >= 11 is 4.32. The van der Waals surface area contributed by atoms with Crippen LogP contribution in [0.15, 0.2) is 0 Å². The van der Waals surface area contributed by atoms with Crippen molar-refractivity contribution in [1.29, 1.82) is 0 Å². The summed E-state index contributed by atoms with van der Waals surface area (Å²) in [6, 6.07) is 0.896.